The van der Waals surface area contributed by atoms with E-state index in [2.05, 4.69) is 4.99 Å². The van der Waals surface area contributed by atoms with Gasteiger partial charge in [-0.25, -0.2) is 8.42 Å². The molecule has 0 saturated carbocycles. The zero-order valence-electron chi connectivity index (χ0n) is 12.9. The third-order valence-electron chi connectivity index (χ3n) is 3.76. The molecule has 2 N–H and O–H groups in total. The first kappa shape index (κ1) is 21.8. The molecule has 0 radical (unpaired) electrons. The summed E-state index contributed by atoms with van der Waals surface area (Å²) in [5.74, 6) is -2.68. The van der Waals surface area contributed by atoms with Crippen LogP contribution in [0.3, 0.4) is 0 Å². The van der Waals surface area contributed by atoms with Crippen LogP contribution in [0.1, 0.15) is 26.7 Å². The van der Waals surface area contributed by atoms with Crippen LogP contribution in [0.5, 0.6) is 0 Å². The van der Waals surface area contributed by atoms with E-state index in [1.807, 2.05) is 18.7 Å². The predicted molar refractivity (Wildman–Crippen MR) is 94.0 cm³/mol. The molecule has 1 aliphatic rings. The van der Waals surface area contributed by atoms with Crippen molar-refractivity contribution >= 4 is 40.0 Å². The molecule has 0 aromatic heterocycles. The van der Waals surface area contributed by atoms with Crippen LogP contribution in [0.15, 0.2) is 4.99 Å². The van der Waals surface area contributed by atoms with Gasteiger partial charge in [-0.15, -0.1) is 24.0 Å². The molecule has 1 fully saturated rings. The Hall–Kier alpha value is -0.230. The van der Waals surface area contributed by atoms with Crippen LogP contribution in [0.2, 0.25) is 0 Å². The summed E-state index contributed by atoms with van der Waals surface area (Å²) in [7, 11) is -4.44. The van der Waals surface area contributed by atoms with Crippen LogP contribution in [0.25, 0.3) is 0 Å². The molecule has 0 aromatic carbocycles. The van der Waals surface area contributed by atoms with Crippen LogP contribution in [0, 0.1) is 5.92 Å². The van der Waals surface area contributed by atoms with E-state index in [0.29, 0.717) is 25.3 Å². The van der Waals surface area contributed by atoms with Crippen molar-refractivity contribution in [2.45, 2.75) is 32.4 Å². The van der Waals surface area contributed by atoms with Crippen molar-refractivity contribution in [3.05, 3.63) is 0 Å². The van der Waals surface area contributed by atoms with Crippen molar-refractivity contribution in [3.8, 4) is 0 Å². The molecule has 0 aliphatic carbocycles. The van der Waals surface area contributed by atoms with Crippen molar-refractivity contribution in [1.29, 1.82) is 0 Å². The number of halogens is 3. The molecular weight excluding hydrogens is 429 g/mol. The minimum atomic E-state index is -4.44. The molecule has 0 atom stereocenters. The van der Waals surface area contributed by atoms with Gasteiger partial charge in [-0.05, 0) is 32.6 Å². The minimum absolute atomic E-state index is 0. The largest absolute Gasteiger partial charge is 0.370 e. The highest BCUT2D eigenvalue weighted by Gasteiger charge is 2.34. The van der Waals surface area contributed by atoms with E-state index in [0.717, 1.165) is 17.4 Å². The number of sulfonamides is 1. The maximum absolute atomic E-state index is 12.4. The van der Waals surface area contributed by atoms with Crippen LogP contribution in [0.4, 0.5) is 8.78 Å². The summed E-state index contributed by atoms with van der Waals surface area (Å²) in [5.41, 5.74) is 5.86. The lowest BCUT2D eigenvalue weighted by Crippen LogP contribution is -2.42. The van der Waals surface area contributed by atoms with Crippen molar-refractivity contribution < 1.29 is 17.2 Å². The van der Waals surface area contributed by atoms with E-state index < -0.39 is 15.8 Å². The van der Waals surface area contributed by atoms with Crippen molar-refractivity contribution in [3.63, 3.8) is 0 Å². The van der Waals surface area contributed by atoms with Gasteiger partial charge >= 0.3 is 5.76 Å². The normalized spacial score (nSPS) is 18.3. The summed E-state index contributed by atoms with van der Waals surface area (Å²) >= 11 is 0. The number of rotatable bonds is 6. The van der Waals surface area contributed by atoms with Crippen LogP contribution in [-0.2, 0) is 10.0 Å². The highest BCUT2D eigenvalue weighted by atomic mass is 127. The fourth-order valence-corrected chi connectivity index (χ4v) is 3.27. The van der Waals surface area contributed by atoms with E-state index >= 15 is 0 Å². The van der Waals surface area contributed by atoms with Gasteiger partial charge in [0, 0.05) is 32.7 Å². The average Bonchev–Trinajstić information content (AvgIpc) is 2.46. The van der Waals surface area contributed by atoms with E-state index in [-0.39, 0.29) is 43.0 Å². The van der Waals surface area contributed by atoms with Gasteiger partial charge in [-0.1, -0.05) is 0 Å². The van der Waals surface area contributed by atoms with E-state index in [1.54, 1.807) is 0 Å². The Labute approximate surface area is 148 Å². The molecule has 1 rings (SSSR count). The highest BCUT2D eigenvalue weighted by molar-refractivity contribution is 14.0. The van der Waals surface area contributed by atoms with Crippen molar-refractivity contribution in [2.24, 2.45) is 16.6 Å². The number of hydrogen-bond acceptors (Lipinski definition) is 3. The average molecular weight is 454 g/mol. The second-order valence-electron chi connectivity index (χ2n) is 5.02. The summed E-state index contributed by atoms with van der Waals surface area (Å²) in [6.07, 6.45) is 1.06. The van der Waals surface area contributed by atoms with Gasteiger partial charge in [0.15, 0.2) is 5.96 Å². The molecule has 0 spiro atoms. The van der Waals surface area contributed by atoms with Crippen molar-refractivity contribution in [2.75, 3.05) is 32.7 Å². The van der Waals surface area contributed by atoms with Gasteiger partial charge in [0.05, 0.1) is 0 Å². The maximum Gasteiger partial charge on any atom is 0.350 e. The SMILES string of the molecule is CCN(CC)C(N)=NCC1CCN(S(=O)(=O)C(F)F)CC1.I. The van der Waals surface area contributed by atoms with Gasteiger partial charge in [0.1, 0.15) is 0 Å². The summed E-state index contributed by atoms with van der Waals surface area (Å²) in [6, 6.07) is 0. The number of guanidine groups is 1. The third-order valence-corrected chi connectivity index (χ3v) is 5.29. The number of piperidine rings is 1. The summed E-state index contributed by atoms with van der Waals surface area (Å²) in [5, 5.41) is 0. The Balaban J connectivity index is 0.00000441. The quantitative estimate of drug-likeness (QED) is 0.375. The topological polar surface area (TPSA) is 79.0 Å². The van der Waals surface area contributed by atoms with E-state index in [4.69, 9.17) is 5.73 Å². The Bertz CT molecular complexity index is 450. The Morgan fingerprint density at radius 1 is 1.32 bits per heavy atom. The molecule has 10 heteroatoms. The molecule has 22 heavy (non-hydrogen) atoms. The van der Waals surface area contributed by atoms with Gasteiger partial charge < -0.3 is 10.6 Å². The second-order valence-corrected chi connectivity index (χ2v) is 6.92. The highest BCUT2D eigenvalue weighted by Crippen LogP contribution is 2.22. The first-order valence-electron chi connectivity index (χ1n) is 7.14. The summed E-state index contributed by atoms with van der Waals surface area (Å²) < 4.78 is 48.4. The third kappa shape index (κ3) is 5.76. The maximum atomic E-state index is 12.4. The molecule has 0 unspecified atom stereocenters. The molecule has 1 aliphatic heterocycles. The van der Waals surface area contributed by atoms with Gasteiger partial charge in [-0.2, -0.15) is 13.1 Å². The lowest BCUT2D eigenvalue weighted by molar-refractivity contribution is 0.205. The number of nitrogens with two attached hydrogens (primary N) is 1. The second kappa shape index (κ2) is 9.81. The molecule has 0 bridgehead atoms. The summed E-state index contributed by atoms with van der Waals surface area (Å²) in [4.78, 5) is 6.24. The first-order chi connectivity index (χ1) is 9.82. The molecule has 1 heterocycles. The van der Waals surface area contributed by atoms with Crippen LogP contribution < -0.4 is 5.73 Å². The molecule has 0 aromatic rings. The fraction of sp³-hybridized carbons (Fsp3) is 0.917. The number of aliphatic imine (C=N–C) groups is 1. The molecule has 0 amide bonds. The standard InChI is InChI=1S/C12H24F2N4O2S.HI/c1-3-17(4-2)12(15)16-9-10-5-7-18(8-6-10)21(19,20)11(13)14;/h10-11H,3-9H2,1-2H3,(H2,15,16);1H. The lowest BCUT2D eigenvalue weighted by atomic mass is 9.98. The van der Waals surface area contributed by atoms with Gasteiger partial charge in [-0.3, -0.25) is 4.99 Å². The number of alkyl halides is 2. The molecular formula is C12H25F2IN4O2S. The monoisotopic (exact) mass is 454 g/mol. The van der Waals surface area contributed by atoms with Crippen molar-refractivity contribution in [1.82, 2.24) is 9.21 Å². The molecule has 1 saturated heterocycles. The minimum Gasteiger partial charge on any atom is -0.370 e. The van der Waals surface area contributed by atoms with Crippen LogP contribution >= 0.6 is 24.0 Å². The van der Waals surface area contributed by atoms with E-state index in [1.165, 1.54) is 0 Å². The zero-order valence-corrected chi connectivity index (χ0v) is 16.1. The zero-order chi connectivity index (χ0) is 16.0. The predicted octanol–water partition coefficient (Wildman–Crippen LogP) is 1.53. The lowest BCUT2D eigenvalue weighted by Gasteiger charge is -2.30. The smallest absolute Gasteiger partial charge is 0.350 e. The molecule has 6 nitrogen and oxygen atoms in total. The van der Waals surface area contributed by atoms with Crippen LogP contribution in [-0.4, -0.2) is 62.1 Å². The summed E-state index contributed by atoms with van der Waals surface area (Å²) in [6.45, 7) is 6.27. The van der Waals surface area contributed by atoms with Gasteiger partial charge in [0.2, 0.25) is 0 Å². The Morgan fingerprint density at radius 2 is 1.82 bits per heavy atom. The number of hydrogen-bond donors (Lipinski definition) is 1. The Kier molecular flexibility index (Phi) is 9.71. The molecule has 132 valence electrons. The van der Waals surface area contributed by atoms with Gasteiger partial charge in [0.25, 0.3) is 10.0 Å². The Morgan fingerprint density at radius 3 is 2.23 bits per heavy atom. The first-order valence-corrected chi connectivity index (χ1v) is 8.65. The van der Waals surface area contributed by atoms with E-state index in [9.17, 15) is 17.2 Å². The fourth-order valence-electron chi connectivity index (χ4n) is 2.33. The number of nitrogens with zero attached hydrogens (tertiary/aromatic N) is 3.